The fourth-order valence-corrected chi connectivity index (χ4v) is 1.68. The van der Waals surface area contributed by atoms with Crippen molar-refractivity contribution >= 4 is 23.2 Å². The van der Waals surface area contributed by atoms with Gasteiger partial charge in [-0.2, -0.15) is 0 Å². The van der Waals surface area contributed by atoms with Crippen LogP contribution >= 0.6 is 0 Å². The second-order valence-electron chi connectivity index (χ2n) is 4.58. The maximum atomic E-state index is 11.6. The third-order valence-corrected chi connectivity index (χ3v) is 2.92. The van der Waals surface area contributed by atoms with Crippen molar-refractivity contribution in [3.8, 4) is 0 Å². The van der Waals surface area contributed by atoms with E-state index in [-0.39, 0.29) is 18.4 Å². The molecule has 1 aliphatic carbocycles. The van der Waals surface area contributed by atoms with Crippen molar-refractivity contribution in [3.05, 3.63) is 23.8 Å². The van der Waals surface area contributed by atoms with Crippen LogP contribution in [0, 0.1) is 0 Å². The van der Waals surface area contributed by atoms with E-state index in [2.05, 4.69) is 16.0 Å². The van der Waals surface area contributed by atoms with Crippen LogP contribution in [-0.2, 0) is 4.79 Å². The zero-order chi connectivity index (χ0) is 13.8. The molecule has 1 aliphatic rings. The van der Waals surface area contributed by atoms with Crippen LogP contribution in [0.2, 0.25) is 0 Å². The standard InChI is InChI=1S/C13H18N4O2/c1-15-13(19)8-2-5-10(14)11(6-8)16-7-12(18)17-9-3-4-9/h2,5-6,9,16H,3-4,7,14H2,1H3,(H,15,19)(H,17,18). The zero-order valence-electron chi connectivity index (χ0n) is 10.8. The number of hydrogen-bond acceptors (Lipinski definition) is 4. The van der Waals surface area contributed by atoms with Crippen LogP contribution in [0.4, 0.5) is 11.4 Å². The average molecular weight is 262 g/mol. The summed E-state index contributed by atoms with van der Waals surface area (Å²) in [7, 11) is 1.56. The molecule has 0 radical (unpaired) electrons. The van der Waals surface area contributed by atoms with E-state index in [9.17, 15) is 9.59 Å². The smallest absolute Gasteiger partial charge is 0.251 e. The van der Waals surface area contributed by atoms with Gasteiger partial charge in [0.05, 0.1) is 17.9 Å². The van der Waals surface area contributed by atoms with E-state index in [1.54, 1.807) is 25.2 Å². The molecule has 0 bridgehead atoms. The Morgan fingerprint density at radius 2 is 2.11 bits per heavy atom. The molecule has 0 atom stereocenters. The fourth-order valence-electron chi connectivity index (χ4n) is 1.68. The number of nitrogens with one attached hydrogen (secondary N) is 3. The number of nitrogens with two attached hydrogens (primary N) is 1. The van der Waals surface area contributed by atoms with Gasteiger partial charge >= 0.3 is 0 Å². The van der Waals surface area contributed by atoms with Crippen molar-refractivity contribution in [2.75, 3.05) is 24.6 Å². The first kappa shape index (κ1) is 13.2. The van der Waals surface area contributed by atoms with Gasteiger partial charge in [0, 0.05) is 18.7 Å². The summed E-state index contributed by atoms with van der Waals surface area (Å²) < 4.78 is 0. The lowest BCUT2D eigenvalue weighted by Gasteiger charge is -2.11. The quantitative estimate of drug-likeness (QED) is 0.575. The highest BCUT2D eigenvalue weighted by atomic mass is 16.2. The molecule has 0 aliphatic heterocycles. The largest absolute Gasteiger partial charge is 0.397 e. The van der Waals surface area contributed by atoms with Crippen LogP contribution in [0.3, 0.4) is 0 Å². The van der Waals surface area contributed by atoms with Gasteiger partial charge in [0.2, 0.25) is 5.91 Å². The summed E-state index contributed by atoms with van der Waals surface area (Å²) in [6, 6.07) is 5.26. The lowest BCUT2D eigenvalue weighted by Crippen LogP contribution is -2.31. The maximum absolute atomic E-state index is 11.6. The van der Waals surface area contributed by atoms with Crippen molar-refractivity contribution in [2.24, 2.45) is 0 Å². The number of rotatable bonds is 5. The van der Waals surface area contributed by atoms with Crippen LogP contribution in [0.5, 0.6) is 0 Å². The van der Waals surface area contributed by atoms with Crippen LogP contribution in [-0.4, -0.2) is 31.4 Å². The molecule has 19 heavy (non-hydrogen) atoms. The zero-order valence-corrected chi connectivity index (χ0v) is 10.8. The van der Waals surface area contributed by atoms with Crippen molar-refractivity contribution in [1.29, 1.82) is 0 Å². The summed E-state index contributed by atoms with van der Waals surface area (Å²) in [4.78, 5) is 23.1. The van der Waals surface area contributed by atoms with Gasteiger partial charge in [-0.25, -0.2) is 0 Å². The first-order chi connectivity index (χ1) is 9.10. The molecule has 102 valence electrons. The second kappa shape index (κ2) is 5.60. The number of carbonyl (C=O) groups excluding carboxylic acids is 2. The van der Waals surface area contributed by atoms with Gasteiger partial charge in [0.15, 0.2) is 0 Å². The normalized spacial score (nSPS) is 13.7. The molecule has 1 aromatic carbocycles. The molecular formula is C13H18N4O2. The third kappa shape index (κ3) is 3.61. The van der Waals surface area contributed by atoms with Gasteiger partial charge in [-0.3, -0.25) is 9.59 Å². The van der Waals surface area contributed by atoms with Crippen LogP contribution < -0.4 is 21.7 Å². The van der Waals surface area contributed by atoms with Gasteiger partial charge in [-0.15, -0.1) is 0 Å². The Kier molecular flexibility index (Phi) is 3.89. The van der Waals surface area contributed by atoms with Crippen LogP contribution in [0.25, 0.3) is 0 Å². The lowest BCUT2D eigenvalue weighted by molar-refractivity contribution is -0.119. The molecule has 2 amide bonds. The van der Waals surface area contributed by atoms with Gasteiger partial charge in [0.25, 0.3) is 5.91 Å². The van der Waals surface area contributed by atoms with E-state index in [0.717, 1.165) is 12.8 Å². The maximum Gasteiger partial charge on any atom is 0.251 e. The molecule has 2 rings (SSSR count). The Morgan fingerprint density at radius 1 is 1.37 bits per heavy atom. The fraction of sp³-hybridized carbons (Fsp3) is 0.385. The predicted molar refractivity (Wildman–Crippen MR) is 73.9 cm³/mol. The molecule has 0 heterocycles. The minimum Gasteiger partial charge on any atom is -0.397 e. The van der Waals surface area contributed by atoms with E-state index in [1.165, 1.54) is 0 Å². The molecule has 1 fully saturated rings. The highest BCUT2D eigenvalue weighted by Crippen LogP contribution is 2.20. The number of benzene rings is 1. The first-order valence-electron chi connectivity index (χ1n) is 6.25. The summed E-state index contributed by atoms with van der Waals surface area (Å²) in [5, 5.41) is 8.36. The lowest BCUT2D eigenvalue weighted by atomic mass is 10.1. The minimum atomic E-state index is -0.189. The minimum absolute atomic E-state index is 0.0627. The van der Waals surface area contributed by atoms with E-state index in [4.69, 9.17) is 5.73 Å². The van der Waals surface area contributed by atoms with Crippen molar-refractivity contribution in [3.63, 3.8) is 0 Å². The summed E-state index contributed by atoms with van der Waals surface area (Å²) in [6.45, 7) is 0.151. The van der Waals surface area contributed by atoms with Gasteiger partial charge in [-0.1, -0.05) is 0 Å². The molecule has 0 saturated heterocycles. The number of carbonyl (C=O) groups is 2. The molecule has 5 N–H and O–H groups in total. The highest BCUT2D eigenvalue weighted by Gasteiger charge is 2.22. The SMILES string of the molecule is CNC(=O)c1ccc(N)c(NCC(=O)NC2CC2)c1. The molecule has 1 aromatic rings. The number of nitrogen functional groups attached to an aromatic ring is 1. The Balaban J connectivity index is 1.97. The average Bonchev–Trinajstić information content (AvgIpc) is 3.20. The number of hydrogen-bond donors (Lipinski definition) is 4. The number of amides is 2. The number of anilines is 2. The monoisotopic (exact) mass is 262 g/mol. The Hall–Kier alpha value is -2.24. The molecule has 0 unspecified atom stereocenters. The predicted octanol–water partition coefficient (Wildman–Crippen LogP) is 0.319. The molecule has 1 saturated carbocycles. The molecule has 6 heteroatoms. The van der Waals surface area contributed by atoms with Crippen LogP contribution in [0.15, 0.2) is 18.2 Å². The molecule has 0 spiro atoms. The second-order valence-corrected chi connectivity index (χ2v) is 4.58. The summed E-state index contributed by atoms with van der Waals surface area (Å²) in [5.74, 6) is -0.252. The first-order valence-corrected chi connectivity index (χ1v) is 6.25. The van der Waals surface area contributed by atoms with Gasteiger partial charge in [0.1, 0.15) is 0 Å². The Labute approximate surface area is 111 Å². The summed E-state index contributed by atoms with van der Waals surface area (Å²) >= 11 is 0. The topological polar surface area (TPSA) is 96.2 Å². The van der Waals surface area contributed by atoms with Crippen molar-refractivity contribution < 1.29 is 9.59 Å². The van der Waals surface area contributed by atoms with Gasteiger partial charge < -0.3 is 21.7 Å². The Bertz CT molecular complexity index is 497. The summed E-state index contributed by atoms with van der Waals surface area (Å²) in [5.41, 5.74) is 7.40. The van der Waals surface area contributed by atoms with E-state index in [0.29, 0.717) is 23.0 Å². The van der Waals surface area contributed by atoms with Gasteiger partial charge in [-0.05, 0) is 31.0 Å². The van der Waals surface area contributed by atoms with E-state index >= 15 is 0 Å². The van der Waals surface area contributed by atoms with Crippen molar-refractivity contribution in [1.82, 2.24) is 10.6 Å². The van der Waals surface area contributed by atoms with E-state index < -0.39 is 0 Å². The van der Waals surface area contributed by atoms with Crippen molar-refractivity contribution in [2.45, 2.75) is 18.9 Å². The highest BCUT2D eigenvalue weighted by molar-refractivity contribution is 5.96. The molecular weight excluding hydrogens is 244 g/mol. The Morgan fingerprint density at radius 3 is 2.74 bits per heavy atom. The third-order valence-electron chi connectivity index (χ3n) is 2.92. The molecule has 0 aromatic heterocycles. The van der Waals surface area contributed by atoms with Crippen LogP contribution in [0.1, 0.15) is 23.2 Å². The molecule has 6 nitrogen and oxygen atoms in total. The van der Waals surface area contributed by atoms with E-state index in [1.807, 2.05) is 0 Å². The summed E-state index contributed by atoms with van der Waals surface area (Å²) in [6.07, 6.45) is 2.11.